The smallest absolute Gasteiger partial charge is 0.276 e. The molecule has 5 nitrogen and oxygen atoms in total. The number of thioether (sulfide) groups is 1. The third-order valence-electron chi connectivity index (χ3n) is 4.08. The molecule has 152 valence electrons. The lowest BCUT2D eigenvalue weighted by Gasteiger charge is -2.13. The minimum atomic E-state index is -0.582. The van der Waals surface area contributed by atoms with Crippen molar-refractivity contribution in [3.8, 4) is 5.69 Å². The Labute approximate surface area is 182 Å². The lowest BCUT2D eigenvalue weighted by Crippen LogP contribution is -2.23. The van der Waals surface area contributed by atoms with E-state index in [1.54, 1.807) is 17.5 Å². The molecule has 10 heteroatoms. The molecule has 0 atom stereocenters. The molecule has 0 bridgehead atoms. The van der Waals surface area contributed by atoms with E-state index in [-0.39, 0.29) is 27.3 Å². The van der Waals surface area contributed by atoms with Crippen molar-refractivity contribution in [3.63, 3.8) is 0 Å². The molecule has 2 aromatic carbocycles. The van der Waals surface area contributed by atoms with Gasteiger partial charge < -0.3 is 5.32 Å². The summed E-state index contributed by atoms with van der Waals surface area (Å²) in [5.74, 6) is -1.66. The van der Waals surface area contributed by atoms with E-state index in [2.05, 4.69) is 10.3 Å². The number of benzene rings is 2. The van der Waals surface area contributed by atoms with Crippen molar-refractivity contribution in [2.45, 2.75) is 5.16 Å². The maximum absolute atomic E-state index is 14.4. The second-order valence-electron chi connectivity index (χ2n) is 6.08. The van der Waals surface area contributed by atoms with Crippen LogP contribution in [0.4, 0.5) is 14.5 Å². The molecule has 0 spiro atoms. The molecule has 2 aromatic heterocycles. The van der Waals surface area contributed by atoms with Crippen molar-refractivity contribution in [1.29, 1.82) is 0 Å². The van der Waals surface area contributed by atoms with Crippen LogP contribution in [0, 0.1) is 11.6 Å². The van der Waals surface area contributed by atoms with Gasteiger partial charge in [0.15, 0.2) is 5.16 Å². The van der Waals surface area contributed by atoms with Crippen molar-refractivity contribution in [2.24, 2.45) is 0 Å². The van der Waals surface area contributed by atoms with Crippen LogP contribution < -0.4 is 10.9 Å². The van der Waals surface area contributed by atoms with Crippen LogP contribution in [0.25, 0.3) is 15.9 Å². The Morgan fingerprint density at radius 3 is 2.77 bits per heavy atom. The van der Waals surface area contributed by atoms with Gasteiger partial charge in [-0.3, -0.25) is 14.2 Å². The van der Waals surface area contributed by atoms with Gasteiger partial charge in [0.2, 0.25) is 5.91 Å². The fraction of sp³-hybridized carbons (Fsp3) is 0.0500. The first-order valence-corrected chi connectivity index (χ1v) is 10.8. The number of aromatic nitrogens is 2. The Morgan fingerprint density at radius 2 is 2.00 bits per heavy atom. The van der Waals surface area contributed by atoms with Crippen LogP contribution in [-0.2, 0) is 4.79 Å². The predicted molar refractivity (Wildman–Crippen MR) is 116 cm³/mol. The average Bonchev–Trinajstić information content (AvgIpc) is 3.18. The van der Waals surface area contributed by atoms with Crippen LogP contribution in [0.5, 0.6) is 0 Å². The summed E-state index contributed by atoms with van der Waals surface area (Å²) in [6, 6.07) is 11.2. The number of hydrogen-bond donors (Lipinski definition) is 1. The number of nitrogens with one attached hydrogen (secondary N) is 1. The second-order valence-corrected chi connectivity index (χ2v) is 8.35. The monoisotopic (exact) mass is 463 g/mol. The summed E-state index contributed by atoms with van der Waals surface area (Å²) in [6.45, 7) is 0. The number of rotatable bonds is 5. The molecule has 1 amide bonds. The minimum absolute atomic E-state index is 0.0507. The summed E-state index contributed by atoms with van der Waals surface area (Å²) in [7, 11) is 0. The molecule has 0 radical (unpaired) electrons. The van der Waals surface area contributed by atoms with Crippen LogP contribution >= 0.6 is 34.7 Å². The first-order chi connectivity index (χ1) is 14.4. The second kappa shape index (κ2) is 8.55. The maximum atomic E-state index is 14.4. The van der Waals surface area contributed by atoms with Crippen molar-refractivity contribution in [1.82, 2.24) is 9.55 Å². The molecular weight excluding hydrogens is 452 g/mol. The third-order valence-corrected chi connectivity index (χ3v) is 6.22. The van der Waals surface area contributed by atoms with Gasteiger partial charge in [-0.1, -0.05) is 35.5 Å². The highest BCUT2D eigenvalue weighted by molar-refractivity contribution is 7.99. The van der Waals surface area contributed by atoms with Crippen molar-refractivity contribution in [2.75, 3.05) is 11.1 Å². The van der Waals surface area contributed by atoms with E-state index in [0.717, 1.165) is 22.4 Å². The van der Waals surface area contributed by atoms with E-state index < -0.39 is 23.1 Å². The molecule has 0 unspecified atom stereocenters. The van der Waals surface area contributed by atoms with Crippen LogP contribution in [-0.4, -0.2) is 21.2 Å². The molecule has 2 heterocycles. The number of nitrogens with zero attached hydrogens (tertiary/aromatic N) is 2. The van der Waals surface area contributed by atoms with Crippen molar-refractivity contribution < 1.29 is 13.6 Å². The van der Waals surface area contributed by atoms with E-state index in [9.17, 15) is 18.4 Å². The van der Waals surface area contributed by atoms with E-state index >= 15 is 0 Å². The van der Waals surface area contributed by atoms with Gasteiger partial charge in [0, 0.05) is 0 Å². The Bertz CT molecular complexity index is 1320. The number of carbonyl (C=O) groups is 1. The maximum Gasteiger partial charge on any atom is 0.276 e. The van der Waals surface area contributed by atoms with E-state index in [1.807, 2.05) is 0 Å². The summed E-state index contributed by atoms with van der Waals surface area (Å²) < 4.78 is 29.1. The fourth-order valence-electron chi connectivity index (χ4n) is 2.74. The minimum Gasteiger partial charge on any atom is -0.324 e. The Balaban J connectivity index is 1.65. The van der Waals surface area contributed by atoms with Gasteiger partial charge in [-0.15, -0.1) is 11.3 Å². The zero-order valence-corrected chi connectivity index (χ0v) is 17.5. The quantitative estimate of drug-likeness (QED) is 0.330. The fourth-order valence-corrected chi connectivity index (χ4v) is 4.52. The number of halogens is 3. The molecule has 30 heavy (non-hydrogen) atoms. The molecule has 4 rings (SSSR count). The number of fused-ring (bicyclic) bond motifs is 1. The number of anilines is 1. The van der Waals surface area contributed by atoms with Gasteiger partial charge in [-0.05, 0) is 41.8 Å². The topological polar surface area (TPSA) is 64.0 Å². The SMILES string of the molecule is O=C(CSc1nc2ccsc2c(=O)n1-c1ccccc1F)Nc1ccc(F)cc1Cl. The molecule has 0 aliphatic heterocycles. The van der Waals surface area contributed by atoms with Gasteiger partial charge in [0.05, 0.1) is 27.7 Å². The van der Waals surface area contributed by atoms with Gasteiger partial charge in [-0.25, -0.2) is 13.8 Å². The molecular formula is C20H12ClF2N3O2S2. The van der Waals surface area contributed by atoms with Crippen molar-refractivity contribution >= 4 is 56.5 Å². The molecule has 0 aliphatic carbocycles. The number of para-hydroxylation sites is 1. The van der Waals surface area contributed by atoms with Crippen molar-refractivity contribution in [3.05, 3.63) is 80.9 Å². The van der Waals surface area contributed by atoms with Crippen LogP contribution in [0.15, 0.2) is 63.9 Å². The summed E-state index contributed by atoms with van der Waals surface area (Å²) in [6.07, 6.45) is 0. The zero-order valence-electron chi connectivity index (χ0n) is 15.1. The molecule has 0 saturated heterocycles. The highest BCUT2D eigenvalue weighted by Gasteiger charge is 2.18. The predicted octanol–water partition coefficient (Wildman–Crippen LogP) is 5.11. The number of carbonyl (C=O) groups excluding carboxylic acids is 1. The summed E-state index contributed by atoms with van der Waals surface area (Å²) in [4.78, 5) is 29.8. The Morgan fingerprint density at radius 1 is 1.20 bits per heavy atom. The number of hydrogen-bond acceptors (Lipinski definition) is 5. The van der Waals surface area contributed by atoms with Crippen LogP contribution in [0.1, 0.15) is 0 Å². The standard InChI is InChI=1S/C20H12ClF2N3O2S2/c21-12-9-11(22)5-6-14(12)24-17(27)10-30-20-25-15-7-8-29-18(15)19(28)26(20)16-4-2-1-3-13(16)23/h1-9H,10H2,(H,24,27). The number of thiophene rings is 1. The summed E-state index contributed by atoms with van der Waals surface area (Å²) in [5, 5.41) is 4.55. The van der Waals surface area contributed by atoms with E-state index in [1.165, 1.54) is 41.7 Å². The average molecular weight is 464 g/mol. The first-order valence-electron chi connectivity index (χ1n) is 8.57. The van der Waals surface area contributed by atoms with Gasteiger partial charge in [0.1, 0.15) is 16.3 Å². The highest BCUT2D eigenvalue weighted by Crippen LogP contribution is 2.26. The number of amides is 1. The lowest BCUT2D eigenvalue weighted by molar-refractivity contribution is -0.113. The van der Waals surface area contributed by atoms with Crippen LogP contribution in [0.3, 0.4) is 0 Å². The largest absolute Gasteiger partial charge is 0.324 e. The third kappa shape index (κ3) is 4.09. The highest BCUT2D eigenvalue weighted by atomic mass is 35.5. The molecule has 0 saturated carbocycles. The molecule has 0 aliphatic rings. The van der Waals surface area contributed by atoms with Gasteiger partial charge in [0.25, 0.3) is 5.56 Å². The molecule has 0 fully saturated rings. The first kappa shape index (κ1) is 20.5. The summed E-state index contributed by atoms with van der Waals surface area (Å²) >= 11 is 8.12. The lowest BCUT2D eigenvalue weighted by atomic mass is 10.3. The molecule has 1 N–H and O–H groups in total. The van der Waals surface area contributed by atoms with Crippen LogP contribution in [0.2, 0.25) is 5.02 Å². The zero-order chi connectivity index (χ0) is 21.3. The Hall–Kier alpha value is -2.75. The normalized spacial score (nSPS) is 11.0. The van der Waals surface area contributed by atoms with E-state index in [0.29, 0.717) is 10.2 Å². The summed E-state index contributed by atoms with van der Waals surface area (Å²) in [5.41, 5.74) is 0.373. The Kier molecular flexibility index (Phi) is 5.85. The van der Waals surface area contributed by atoms with E-state index in [4.69, 9.17) is 11.6 Å². The van der Waals surface area contributed by atoms with Gasteiger partial charge in [-0.2, -0.15) is 0 Å². The molecule has 4 aromatic rings. The van der Waals surface area contributed by atoms with Gasteiger partial charge >= 0.3 is 0 Å².